The molecule has 0 aliphatic carbocycles. The zero-order valence-electron chi connectivity index (χ0n) is 12.2. The molecule has 0 radical (unpaired) electrons. The predicted molar refractivity (Wildman–Crippen MR) is 83.2 cm³/mol. The molecule has 2 heterocycles. The van der Waals surface area contributed by atoms with E-state index < -0.39 is 9.84 Å². The zero-order valence-corrected chi connectivity index (χ0v) is 13.0. The Kier molecular flexibility index (Phi) is 3.53. The molecule has 0 unspecified atom stereocenters. The number of hydrogen-bond donors (Lipinski definition) is 1. The monoisotopic (exact) mass is 317 g/mol. The van der Waals surface area contributed by atoms with Crippen LogP contribution in [0.4, 0.5) is 5.82 Å². The highest BCUT2D eigenvalue weighted by atomic mass is 32.2. The number of nitrogens with one attached hydrogen (secondary N) is 1. The largest absolute Gasteiger partial charge is 0.364 e. The lowest BCUT2D eigenvalue weighted by Crippen LogP contribution is -2.07. The number of benzene rings is 1. The Hall–Kier alpha value is -2.48. The van der Waals surface area contributed by atoms with Gasteiger partial charge in [0.25, 0.3) is 0 Å². The summed E-state index contributed by atoms with van der Waals surface area (Å²) in [4.78, 5) is 8.63. The van der Waals surface area contributed by atoms with Crippen molar-refractivity contribution in [2.75, 3.05) is 11.6 Å². The summed E-state index contributed by atoms with van der Waals surface area (Å²) in [6.45, 7) is 0.533. The number of sulfone groups is 1. The van der Waals surface area contributed by atoms with Crippen LogP contribution < -0.4 is 5.32 Å². The molecule has 0 aliphatic heterocycles. The Labute approximate surface area is 127 Å². The fraction of sp³-hybridized carbons (Fsp3) is 0.214. The Morgan fingerprint density at radius 3 is 2.73 bits per heavy atom. The van der Waals surface area contributed by atoms with Gasteiger partial charge in [-0.3, -0.25) is 4.68 Å². The summed E-state index contributed by atoms with van der Waals surface area (Å²) in [5, 5.41) is 7.98. The van der Waals surface area contributed by atoms with Crippen molar-refractivity contribution in [1.29, 1.82) is 0 Å². The summed E-state index contributed by atoms with van der Waals surface area (Å²) in [6.07, 6.45) is 4.35. The van der Waals surface area contributed by atoms with Gasteiger partial charge in [-0.1, -0.05) is 0 Å². The average Bonchev–Trinajstić information content (AvgIpc) is 2.89. The van der Waals surface area contributed by atoms with Crippen LogP contribution in [0.2, 0.25) is 0 Å². The lowest BCUT2D eigenvalue weighted by Gasteiger charge is -2.09. The van der Waals surface area contributed by atoms with Crippen molar-refractivity contribution in [3.05, 3.63) is 42.5 Å². The maximum Gasteiger partial charge on any atom is 0.175 e. The van der Waals surface area contributed by atoms with E-state index in [0.29, 0.717) is 23.3 Å². The fourth-order valence-corrected chi connectivity index (χ4v) is 2.80. The first kappa shape index (κ1) is 14.5. The van der Waals surface area contributed by atoms with Gasteiger partial charge >= 0.3 is 0 Å². The Morgan fingerprint density at radius 2 is 2.05 bits per heavy atom. The van der Waals surface area contributed by atoms with E-state index in [-0.39, 0.29) is 4.90 Å². The summed E-state index contributed by atoms with van der Waals surface area (Å²) in [6, 6.07) is 6.73. The van der Waals surface area contributed by atoms with E-state index in [1.54, 1.807) is 29.1 Å². The first-order chi connectivity index (χ1) is 10.4. The Balaban J connectivity index is 2.00. The summed E-state index contributed by atoms with van der Waals surface area (Å²) in [5.41, 5.74) is 1.68. The van der Waals surface area contributed by atoms with Gasteiger partial charge in [-0.2, -0.15) is 5.10 Å². The highest BCUT2D eigenvalue weighted by molar-refractivity contribution is 7.90. The van der Waals surface area contributed by atoms with Gasteiger partial charge < -0.3 is 5.32 Å². The second-order valence-corrected chi connectivity index (χ2v) is 6.99. The first-order valence-corrected chi connectivity index (χ1v) is 8.50. The fourth-order valence-electron chi connectivity index (χ4n) is 2.16. The molecule has 114 valence electrons. The number of aryl methyl sites for hydroxylation is 1. The summed E-state index contributed by atoms with van der Waals surface area (Å²) >= 11 is 0. The summed E-state index contributed by atoms with van der Waals surface area (Å²) in [7, 11) is -1.42. The molecule has 7 nitrogen and oxygen atoms in total. The van der Waals surface area contributed by atoms with Crippen LogP contribution >= 0.6 is 0 Å². The molecule has 22 heavy (non-hydrogen) atoms. The molecule has 3 rings (SSSR count). The average molecular weight is 317 g/mol. The number of nitrogens with zero attached hydrogens (tertiary/aromatic N) is 4. The van der Waals surface area contributed by atoms with Crippen LogP contribution in [0.15, 0.2) is 41.7 Å². The number of anilines is 1. The molecule has 1 N–H and O–H groups in total. The minimum absolute atomic E-state index is 0.249. The number of fused-ring (bicyclic) bond motifs is 1. The van der Waals surface area contributed by atoms with Crippen molar-refractivity contribution in [1.82, 2.24) is 19.7 Å². The van der Waals surface area contributed by atoms with E-state index in [0.717, 1.165) is 5.69 Å². The number of rotatable bonds is 4. The van der Waals surface area contributed by atoms with Crippen molar-refractivity contribution in [3.8, 4) is 0 Å². The van der Waals surface area contributed by atoms with Crippen molar-refractivity contribution in [2.24, 2.45) is 7.05 Å². The highest BCUT2D eigenvalue weighted by Gasteiger charge is 2.11. The second-order valence-electron chi connectivity index (χ2n) is 4.97. The summed E-state index contributed by atoms with van der Waals surface area (Å²) < 4.78 is 25.2. The molecule has 3 aromatic rings. The Bertz CT molecular complexity index is 933. The topological polar surface area (TPSA) is 89.8 Å². The molecule has 0 saturated heterocycles. The van der Waals surface area contributed by atoms with Gasteiger partial charge in [0.05, 0.1) is 22.7 Å². The van der Waals surface area contributed by atoms with Crippen LogP contribution in [0.3, 0.4) is 0 Å². The van der Waals surface area contributed by atoms with Gasteiger partial charge in [0, 0.05) is 24.9 Å². The molecule has 0 bridgehead atoms. The molecule has 0 amide bonds. The van der Waals surface area contributed by atoms with E-state index in [2.05, 4.69) is 20.4 Å². The lowest BCUT2D eigenvalue weighted by atomic mass is 10.2. The van der Waals surface area contributed by atoms with Crippen molar-refractivity contribution in [3.63, 3.8) is 0 Å². The maximum absolute atomic E-state index is 11.7. The van der Waals surface area contributed by atoms with Gasteiger partial charge in [0.2, 0.25) is 0 Å². The van der Waals surface area contributed by atoms with Crippen molar-refractivity contribution < 1.29 is 8.42 Å². The van der Waals surface area contributed by atoms with E-state index in [9.17, 15) is 8.42 Å². The van der Waals surface area contributed by atoms with Gasteiger partial charge in [-0.25, -0.2) is 18.4 Å². The normalized spacial score (nSPS) is 11.7. The van der Waals surface area contributed by atoms with Crippen molar-refractivity contribution >= 4 is 26.6 Å². The van der Waals surface area contributed by atoms with E-state index in [1.165, 1.54) is 12.6 Å². The minimum atomic E-state index is -3.27. The van der Waals surface area contributed by atoms with E-state index >= 15 is 0 Å². The molecule has 0 saturated carbocycles. The van der Waals surface area contributed by atoms with Crippen LogP contribution in [0.5, 0.6) is 0 Å². The quantitative estimate of drug-likeness (QED) is 0.782. The molecule has 0 aliphatic rings. The van der Waals surface area contributed by atoms with E-state index in [4.69, 9.17) is 0 Å². The Morgan fingerprint density at radius 1 is 1.23 bits per heavy atom. The van der Waals surface area contributed by atoms with Crippen LogP contribution in [0, 0.1) is 0 Å². The van der Waals surface area contributed by atoms with Gasteiger partial charge in [-0.05, 0) is 24.3 Å². The molecular formula is C14H15N5O2S. The third kappa shape index (κ3) is 2.77. The zero-order chi connectivity index (χ0) is 15.7. The molecule has 8 heteroatoms. The minimum Gasteiger partial charge on any atom is -0.364 e. The SMILES string of the molecule is Cn1nccc1CNc1ncnc2ccc(S(C)(=O)=O)cc12. The summed E-state index contributed by atoms with van der Waals surface area (Å²) in [5.74, 6) is 0.594. The molecule has 0 spiro atoms. The highest BCUT2D eigenvalue weighted by Crippen LogP contribution is 2.23. The maximum atomic E-state index is 11.7. The standard InChI is InChI=1S/C14H15N5O2S/c1-19-10(5-6-18-19)8-15-14-12-7-11(22(2,20)21)3-4-13(12)16-9-17-14/h3-7,9H,8H2,1-2H3,(H,15,16,17). The van der Waals surface area contributed by atoms with Crippen molar-refractivity contribution in [2.45, 2.75) is 11.4 Å². The predicted octanol–water partition coefficient (Wildman–Crippen LogP) is 1.38. The lowest BCUT2D eigenvalue weighted by molar-refractivity contribution is 0.602. The second kappa shape index (κ2) is 5.38. The van der Waals surface area contributed by atoms with Crippen LogP contribution in [0.25, 0.3) is 10.9 Å². The van der Waals surface area contributed by atoms with E-state index in [1.807, 2.05) is 13.1 Å². The molecule has 0 fully saturated rings. The van der Waals surface area contributed by atoms with Gasteiger partial charge in [0.15, 0.2) is 9.84 Å². The molecular weight excluding hydrogens is 302 g/mol. The third-order valence-electron chi connectivity index (χ3n) is 3.39. The van der Waals surface area contributed by atoms with Gasteiger partial charge in [-0.15, -0.1) is 0 Å². The van der Waals surface area contributed by atoms with Crippen LogP contribution in [-0.2, 0) is 23.4 Å². The van der Waals surface area contributed by atoms with Gasteiger partial charge in [0.1, 0.15) is 12.1 Å². The number of aromatic nitrogens is 4. The molecule has 2 aromatic heterocycles. The smallest absolute Gasteiger partial charge is 0.175 e. The third-order valence-corrected chi connectivity index (χ3v) is 4.50. The molecule has 1 aromatic carbocycles. The van der Waals surface area contributed by atoms with Crippen LogP contribution in [-0.4, -0.2) is 34.4 Å². The number of hydrogen-bond acceptors (Lipinski definition) is 6. The molecule has 0 atom stereocenters. The first-order valence-electron chi connectivity index (χ1n) is 6.61. The van der Waals surface area contributed by atoms with Crippen LogP contribution in [0.1, 0.15) is 5.69 Å².